The molecule has 0 aromatic rings. The van der Waals surface area contributed by atoms with Crippen LogP contribution in [-0.4, -0.2) is 47.3 Å². The van der Waals surface area contributed by atoms with Gasteiger partial charge in [-0.2, -0.15) is 0 Å². The summed E-state index contributed by atoms with van der Waals surface area (Å²) in [6.07, 6.45) is 0. The van der Waals surface area contributed by atoms with E-state index < -0.39 is 0 Å². The van der Waals surface area contributed by atoms with Crippen LogP contribution < -0.4 is 0 Å². The van der Waals surface area contributed by atoms with Gasteiger partial charge < -0.3 is 47.3 Å². The molecule has 0 aliphatic carbocycles. The van der Waals surface area contributed by atoms with Crippen LogP contribution in [0.4, 0.5) is 0 Å². The third kappa shape index (κ3) is 8.90. The van der Waals surface area contributed by atoms with Crippen molar-refractivity contribution in [2.75, 3.05) is 0 Å². The molecule has 21 valence electrons. The van der Waals surface area contributed by atoms with Crippen LogP contribution in [0.3, 0.4) is 0 Å². The van der Waals surface area contributed by atoms with Crippen LogP contribution in [0.2, 0.25) is 0 Å². The summed E-state index contributed by atoms with van der Waals surface area (Å²) in [5, 5.41) is 0. The minimum atomic E-state index is 0. The first kappa shape index (κ1) is 27.9. The molecule has 0 aliphatic heterocycles. The van der Waals surface area contributed by atoms with Crippen LogP contribution >= 0.6 is 0 Å². The Morgan fingerprint density at radius 1 is 0.750 bits per heavy atom. The summed E-state index contributed by atoms with van der Waals surface area (Å²) >= 11 is 0. The van der Waals surface area contributed by atoms with Gasteiger partial charge >= 0.3 is 44.4 Å². The summed E-state index contributed by atoms with van der Waals surface area (Å²) in [5.74, 6) is 0. The van der Waals surface area contributed by atoms with Gasteiger partial charge in [-0.25, -0.2) is 0 Å². The number of hydrogen-bond acceptors (Lipinski definition) is 0. The summed E-state index contributed by atoms with van der Waals surface area (Å²) in [5.41, 5.74) is 0. The van der Waals surface area contributed by atoms with Crippen molar-refractivity contribution in [2.45, 2.75) is 0 Å². The maximum atomic E-state index is 0. The number of hydrogen-bond donors (Lipinski definition) is 0. The van der Waals surface area contributed by atoms with Crippen molar-refractivity contribution in [3.8, 4) is 0 Å². The molecule has 0 aromatic carbocycles. The summed E-state index contributed by atoms with van der Waals surface area (Å²) in [6.45, 7) is 0. The maximum absolute atomic E-state index is 0. The summed E-state index contributed by atoms with van der Waals surface area (Å²) in [6, 6.07) is 0. The van der Waals surface area contributed by atoms with Gasteiger partial charge in [-0.05, 0) is 0 Å². The summed E-state index contributed by atoms with van der Waals surface area (Å²) in [4.78, 5) is 0. The van der Waals surface area contributed by atoms with Crippen LogP contribution in [0, 0.1) is 0 Å². The van der Waals surface area contributed by atoms with Gasteiger partial charge in [0.15, 0.2) is 0 Å². The Balaban J connectivity index is 0. The Labute approximate surface area is 89.9 Å². The second kappa shape index (κ2) is 16.6. The van der Waals surface area contributed by atoms with E-state index in [0.29, 0.717) is 0 Å². The molecule has 0 heterocycles. The van der Waals surface area contributed by atoms with E-state index in [9.17, 15) is 0 Å². The van der Waals surface area contributed by atoms with Gasteiger partial charge in [-0.1, -0.05) is 0 Å². The molecule has 0 rings (SSSR count). The minimum Gasteiger partial charge on any atom is -2.00 e. The van der Waals surface area contributed by atoms with Gasteiger partial charge in [0.05, 0.1) is 0 Å². The normalized spacial score (nSPS) is 0. The monoisotopic (exact) mass is 429 g/mol. The van der Waals surface area contributed by atoms with E-state index in [4.69, 9.17) is 0 Å². The molecule has 0 N–H and O–H groups in total. The zero-order valence-electron chi connectivity index (χ0n) is 1.90. The predicted octanol–water partition coefficient (Wildman–Crippen LogP) is -0.767. The molecular formula is CdMnTe2. The van der Waals surface area contributed by atoms with E-state index in [1.807, 2.05) is 0 Å². The maximum Gasteiger partial charge on any atom is 2.00 e. The fraction of sp³-hybridized carbons (Fsp3) is 0. The van der Waals surface area contributed by atoms with Gasteiger partial charge in [-0.15, -0.1) is 0 Å². The molecule has 0 unspecified atom stereocenters. The molecule has 4 heteroatoms. The Bertz CT molecular complexity index is 6.00. The van der Waals surface area contributed by atoms with E-state index in [2.05, 4.69) is 0 Å². The predicted molar refractivity (Wildman–Crippen MR) is 11.5 cm³/mol. The van der Waals surface area contributed by atoms with Crippen molar-refractivity contribution >= 4 is 47.3 Å². The van der Waals surface area contributed by atoms with Crippen molar-refractivity contribution in [1.82, 2.24) is 0 Å². The van der Waals surface area contributed by atoms with Crippen molar-refractivity contribution < 1.29 is 44.4 Å². The fourth-order valence-corrected chi connectivity index (χ4v) is 0. The topological polar surface area (TPSA) is 0 Å². The largest absolute Gasteiger partial charge is 2.00 e. The molecule has 0 bridgehead atoms. The van der Waals surface area contributed by atoms with Crippen molar-refractivity contribution in [3.05, 3.63) is 0 Å². The molecule has 0 aliphatic rings. The Kier molecular flexibility index (Phi) is 116. The standard InChI is InChI=1S/Cd.Mn.2Te/q2*+2;2*-2. The Morgan fingerprint density at radius 2 is 0.750 bits per heavy atom. The molecule has 0 fully saturated rings. The Morgan fingerprint density at radius 3 is 0.750 bits per heavy atom. The molecule has 0 amide bonds. The van der Waals surface area contributed by atoms with Crippen LogP contribution in [0.15, 0.2) is 0 Å². The zero-order chi connectivity index (χ0) is 0. The molecule has 0 saturated carbocycles. The fourth-order valence-electron chi connectivity index (χ4n) is 0. The molecule has 1 radical (unpaired) electrons. The molecular weight excluding hydrogens is 423 g/mol. The number of rotatable bonds is 0. The first-order valence-corrected chi connectivity index (χ1v) is 0. The van der Waals surface area contributed by atoms with E-state index in [1.165, 1.54) is 0 Å². The quantitative estimate of drug-likeness (QED) is 0.450. The van der Waals surface area contributed by atoms with E-state index in [1.54, 1.807) is 0 Å². The van der Waals surface area contributed by atoms with Crippen LogP contribution in [-0.2, 0) is 44.4 Å². The van der Waals surface area contributed by atoms with E-state index >= 15 is 0 Å². The van der Waals surface area contributed by atoms with Gasteiger partial charge in [0.25, 0.3) is 0 Å². The molecule has 0 aromatic heterocycles. The Hall–Kier alpha value is 3.02. The second-order valence-corrected chi connectivity index (χ2v) is 0. The molecule has 0 saturated heterocycles. The van der Waals surface area contributed by atoms with Crippen molar-refractivity contribution in [3.63, 3.8) is 0 Å². The molecule has 4 heavy (non-hydrogen) atoms. The smallest absolute Gasteiger partial charge is 2.00 e. The third-order valence-corrected chi connectivity index (χ3v) is 0. The van der Waals surface area contributed by atoms with Crippen molar-refractivity contribution in [2.24, 2.45) is 0 Å². The SMILES string of the molecule is [Cd+2].[Mn+2].[Te-2].[Te-2]. The third-order valence-electron chi connectivity index (χ3n) is 0. The molecule has 0 nitrogen and oxygen atoms in total. The van der Waals surface area contributed by atoms with Gasteiger partial charge in [0, 0.05) is 0 Å². The average Bonchev–Trinajstić information content (AvgIpc) is 0. The van der Waals surface area contributed by atoms with Gasteiger partial charge in [-0.3, -0.25) is 0 Å². The molecule has 0 atom stereocenters. The van der Waals surface area contributed by atoms with Gasteiger partial charge in [0.1, 0.15) is 0 Å². The minimum absolute atomic E-state index is 0. The summed E-state index contributed by atoms with van der Waals surface area (Å²) in [7, 11) is 0. The van der Waals surface area contributed by atoms with Crippen molar-refractivity contribution in [1.29, 1.82) is 0 Å². The average molecular weight is 423 g/mol. The first-order valence-electron chi connectivity index (χ1n) is 0. The second-order valence-electron chi connectivity index (χ2n) is 0. The summed E-state index contributed by atoms with van der Waals surface area (Å²) < 4.78 is 0. The van der Waals surface area contributed by atoms with Gasteiger partial charge in [0.2, 0.25) is 0 Å². The van der Waals surface area contributed by atoms with E-state index in [-0.39, 0.29) is 91.7 Å². The molecule has 0 spiro atoms. The van der Waals surface area contributed by atoms with Crippen LogP contribution in [0.25, 0.3) is 0 Å². The van der Waals surface area contributed by atoms with Crippen LogP contribution in [0.1, 0.15) is 0 Å². The van der Waals surface area contributed by atoms with E-state index in [0.717, 1.165) is 0 Å². The zero-order valence-corrected chi connectivity index (χ0v) is 11.8. The van der Waals surface area contributed by atoms with Crippen LogP contribution in [0.5, 0.6) is 0 Å². The first-order chi connectivity index (χ1) is 0.